The van der Waals surface area contributed by atoms with Crippen LogP contribution in [0.3, 0.4) is 0 Å². The van der Waals surface area contributed by atoms with E-state index in [0.29, 0.717) is 42.2 Å². The minimum atomic E-state index is -0.414. The lowest BCUT2D eigenvalue weighted by atomic mass is 10.0. The highest BCUT2D eigenvalue weighted by molar-refractivity contribution is 8.15. The number of hydrogen-bond donors (Lipinski definition) is 1. The van der Waals surface area contributed by atoms with Crippen LogP contribution in [-0.2, 0) is 17.6 Å². The van der Waals surface area contributed by atoms with E-state index in [1.165, 1.54) is 0 Å². The summed E-state index contributed by atoms with van der Waals surface area (Å²) in [4.78, 5) is 39.9. The number of nitrogens with one attached hydrogen (secondary N) is 1. The molecule has 1 unspecified atom stereocenters. The lowest BCUT2D eigenvalue weighted by Crippen LogP contribution is -2.25. The fourth-order valence-corrected chi connectivity index (χ4v) is 3.97. The fraction of sp³-hybridized carbons (Fsp3) is 0.238. The summed E-state index contributed by atoms with van der Waals surface area (Å²) >= 11 is 0.998. The molecule has 3 heterocycles. The Morgan fingerprint density at radius 1 is 1.21 bits per heavy atom. The maximum Gasteiger partial charge on any atom is 0.286 e. The number of nitrogens with zero attached hydrogens (tertiary/aromatic N) is 1. The van der Waals surface area contributed by atoms with Crippen LogP contribution in [0.25, 0.3) is 11.7 Å². The summed E-state index contributed by atoms with van der Waals surface area (Å²) in [6, 6.07) is 10.7. The van der Waals surface area contributed by atoms with Crippen molar-refractivity contribution in [1.29, 1.82) is 0 Å². The van der Waals surface area contributed by atoms with Crippen molar-refractivity contribution >= 4 is 28.7 Å². The zero-order chi connectivity index (χ0) is 20.4. The average Bonchev–Trinajstić information content (AvgIpc) is 3.42. The predicted octanol–water partition coefficient (Wildman–Crippen LogP) is 3.95. The van der Waals surface area contributed by atoms with Crippen LogP contribution in [-0.4, -0.2) is 27.2 Å². The SMILES string of the molecule is Cc1oc(-c2ccco2)nc1CCC(=O)c1ccc(CC2SC(=O)NC2=O)cc1. The summed E-state index contributed by atoms with van der Waals surface area (Å²) < 4.78 is 10.9. The Balaban J connectivity index is 1.35. The monoisotopic (exact) mass is 410 g/mol. The zero-order valence-corrected chi connectivity index (χ0v) is 16.5. The van der Waals surface area contributed by atoms with Crippen LogP contribution in [0.1, 0.15) is 33.8 Å². The van der Waals surface area contributed by atoms with E-state index in [9.17, 15) is 14.4 Å². The van der Waals surface area contributed by atoms with E-state index in [1.54, 1.807) is 30.5 Å². The van der Waals surface area contributed by atoms with Crippen LogP contribution in [0.5, 0.6) is 0 Å². The normalized spacial score (nSPS) is 16.2. The summed E-state index contributed by atoms with van der Waals surface area (Å²) in [5, 5.41) is 1.55. The fourth-order valence-electron chi connectivity index (χ4n) is 3.11. The number of imide groups is 1. The molecule has 1 N–H and O–H groups in total. The predicted molar refractivity (Wildman–Crippen MR) is 107 cm³/mol. The van der Waals surface area contributed by atoms with E-state index in [0.717, 1.165) is 23.0 Å². The Kier molecular flexibility index (Phi) is 5.35. The van der Waals surface area contributed by atoms with Gasteiger partial charge in [-0.2, -0.15) is 0 Å². The van der Waals surface area contributed by atoms with Crippen molar-refractivity contribution in [2.75, 3.05) is 0 Å². The molecule has 1 aliphatic rings. The van der Waals surface area contributed by atoms with Gasteiger partial charge in [0.25, 0.3) is 11.1 Å². The van der Waals surface area contributed by atoms with E-state index in [1.807, 2.05) is 19.1 Å². The maximum absolute atomic E-state index is 12.5. The second kappa shape index (κ2) is 8.08. The van der Waals surface area contributed by atoms with Gasteiger partial charge in [-0.25, -0.2) is 4.98 Å². The van der Waals surface area contributed by atoms with E-state index in [4.69, 9.17) is 8.83 Å². The highest BCUT2D eigenvalue weighted by Crippen LogP contribution is 2.24. The molecular weight excluding hydrogens is 392 g/mol. The molecule has 8 heteroatoms. The zero-order valence-electron chi connectivity index (χ0n) is 15.6. The smallest absolute Gasteiger partial charge is 0.286 e. The third-order valence-electron chi connectivity index (χ3n) is 4.68. The minimum Gasteiger partial charge on any atom is -0.459 e. The van der Waals surface area contributed by atoms with E-state index >= 15 is 0 Å². The molecular formula is C21H18N2O5S. The molecule has 0 aliphatic carbocycles. The van der Waals surface area contributed by atoms with Crippen molar-refractivity contribution in [3.8, 4) is 11.7 Å². The molecule has 4 rings (SSSR count). The highest BCUT2D eigenvalue weighted by atomic mass is 32.2. The van der Waals surface area contributed by atoms with Crippen molar-refractivity contribution in [2.45, 2.75) is 31.4 Å². The third-order valence-corrected chi connectivity index (χ3v) is 5.66. The van der Waals surface area contributed by atoms with E-state index in [2.05, 4.69) is 10.3 Å². The van der Waals surface area contributed by atoms with Gasteiger partial charge in [0.05, 0.1) is 17.2 Å². The van der Waals surface area contributed by atoms with Crippen molar-refractivity contribution in [2.24, 2.45) is 0 Å². The van der Waals surface area contributed by atoms with Gasteiger partial charge < -0.3 is 8.83 Å². The number of aryl methyl sites for hydroxylation is 2. The Bertz CT molecular complexity index is 1050. The number of aromatic nitrogens is 1. The molecule has 3 aromatic rings. The van der Waals surface area contributed by atoms with Gasteiger partial charge in [-0.1, -0.05) is 36.0 Å². The number of hydrogen-bond acceptors (Lipinski definition) is 7. The highest BCUT2D eigenvalue weighted by Gasteiger charge is 2.31. The number of carbonyl (C=O) groups is 3. The molecule has 0 saturated carbocycles. The van der Waals surface area contributed by atoms with Crippen LogP contribution >= 0.6 is 11.8 Å². The Hall–Kier alpha value is -3.13. The van der Waals surface area contributed by atoms with Gasteiger partial charge in [0, 0.05) is 18.4 Å². The molecule has 2 aromatic heterocycles. The van der Waals surface area contributed by atoms with Crippen LogP contribution in [0.2, 0.25) is 0 Å². The Labute approximate surface area is 170 Å². The first-order chi connectivity index (χ1) is 14.0. The molecule has 0 radical (unpaired) electrons. The molecule has 148 valence electrons. The second-order valence-electron chi connectivity index (χ2n) is 6.71. The summed E-state index contributed by atoms with van der Waals surface area (Å²) in [6.45, 7) is 1.82. The van der Waals surface area contributed by atoms with Gasteiger partial charge in [-0.3, -0.25) is 19.7 Å². The van der Waals surface area contributed by atoms with Gasteiger partial charge in [0.15, 0.2) is 11.5 Å². The van der Waals surface area contributed by atoms with Crippen LogP contribution in [0.15, 0.2) is 51.5 Å². The number of amides is 2. The van der Waals surface area contributed by atoms with Gasteiger partial charge in [0.1, 0.15) is 5.76 Å². The Morgan fingerprint density at radius 3 is 2.66 bits per heavy atom. The van der Waals surface area contributed by atoms with Crippen molar-refractivity contribution in [3.63, 3.8) is 0 Å². The van der Waals surface area contributed by atoms with Gasteiger partial charge >= 0.3 is 0 Å². The van der Waals surface area contributed by atoms with Crippen LogP contribution < -0.4 is 5.32 Å². The number of thioether (sulfide) groups is 1. The lowest BCUT2D eigenvalue weighted by Gasteiger charge is -2.06. The van der Waals surface area contributed by atoms with Crippen molar-refractivity contribution < 1.29 is 23.2 Å². The van der Waals surface area contributed by atoms with Crippen molar-refractivity contribution in [1.82, 2.24) is 10.3 Å². The van der Waals surface area contributed by atoms with E-state index < -0.39 is 5.25 Å². The lowest BCUT2D eigenvalue weighted by molar-refractivity contribution is -0.118. The first-order valence-electron chi connectivity index (χ1n) is 9.13. The molecule has 1 atom stereocenters. The van der Waals surface area contributed by atoms with Crippen LogP contribution in [0, 0.1) is 6.92 Å². The molecule has 1 aromatic carbocycles. The quantitative estimate of drug-likeness (QED) is 0.588. The third kappa shape index (κ3) is 4.32. The number of benzene rings is 1. The number of furan rings is 1. The molecule has 1 fully saturated rings. The molecule has 0 bridgehead atoms. The standard InChI is InChI=1S/C21H18N2O5S/c1-12-15(22-20(28-12)17-3-2-10-27-17)8-9-16(24)14-6-4-13(5-7-14)11-18-19(25)23-21(26)29-18/h2-7,10,18H,8-9,11H2,1H3,(H,23,25,26). The number of rotatable bonds is 7. The van der Waals surface area contributed by atoms with Gasteiger partial charge in [-0.15, -0.1) is 0 Å². The second-order valence-corrected chi connectivity index (χ2v) is 7.88. The molecule has 2 amide bonds. The van der Waals surface area contributed by atoms with Crippen molar-refractivity contribution in [3.05, 3.63) is 65.2 Å². The summed E-state index contributed by atoms with van der Waals surface area (Å²) in [6.07, 6.45) is 2.78. The molecule has 7 nitrogen and oxygen atoms in total. The minimum absolute atomic E-state index is 0.00154. The summed E-state index contributed by atoms with van der Waals surface area (Å²) in [5.74, 6) is 1.36. The number of ketones is 1. The first kappa shape index (κ1) is 19.2. The summed E-state index contributed by atoms with van der Waals surface area (Å²) in [5.41, 5.74) is 2.23. The molecule has 1 aliphatic heterocycles. The number of carbonyl (C=O) groups excluding carboxylic acids is 3. The van der Waals surface area contributed by atoms with Gasteiger partial charge in [0.2, 0.25) is 5.91 Å². The van der Waals surface area contributed by atoms with Crippen LogP contribution in [0.4, 0.5) is 4.79 Å². The largest absolute Gasteiger partial charge is 0.459 e. The molecule has 1 saturated heterocycles. The van der Waals surface area contributed by atoms with Gasteiger partial charge in [-0.05, 0) is 31.0 Å². The number of Topliss-reactive ketones (excluding diaryl/α,β-unsaturated/α-hetero) is 1. The maximum atomic E-state index is 12.5. The van der Waals surface area contributed by atoms with E-state index in [-0.39, 0.29) is 16.9 Å². The average molecular weight is 410 g/mol. The molecule has 29 heavy (non-hydrogen) atoms. The topological polar surface area (TPSA) is 102 Å². The molecule has 0 spiro atoms. The Morgan fingerprint density at radius 2 is 2.00 bits per heavy atom. The number of oxazole rings is 1. The first-order valence-corrected chi connectivity index (χ1v) is 10.0. The summed E-state index contributed by atoms with van der Waals surface area (Å²) in [7, 11) is 0.